The molecule has 0 aliphatic carbocycles. The van der Waals surface area contributed by atoms with E-state index >= 15 is 0 Å². The molecule has 0 fully saturated rings. The highest BCUT2D eigenvalue weighted by Gasteiger charge is 2.30. The van der Waals surface area contributed by atoms with E-state index < -0.39 is 17.7 Å². The molecule has 0 bridgehead atoms. The van der Waals surface area contributed by atoms with Gasteiger partial charge in [-0.25, -0.2) is 0 Å². The molecule has 0 aliphatic heterocycles. The van der Waals surface area contributed by atoms with Crippen molar-refractivity contribution in [1.82, 2.24) is 5.32 Å². The van der Waals surface area contributed by atoms with E-state index in [1.807, 2.05) is 6.92 Å². The first-order valence-corrected chi connectivity index (χ1v) is 8.45. The number of esters is 1. The number of hydrogen-bond acceptors (Lipinski definition) is 4. The van der Waals surface area contributed by atoms with Gasteiger partial charge in [0.15, 0.2) is 0 Å². The average Bonchev–Trinajstić information content (AvgIpc) is 2.65. The molecule has 0 atom stereocenters. The molecule has 7 heteroatoms. The van der Waals surface area contributed by atoms with Gasteiger partial charge in [0.2, 0.25) is 0 Å². The summed E-state index contributed by atoms with van der Waals surface area (Å²) in [6.45, 7) is 3.08. The Morgan fingerprint density at radius 3 is 2.26 bits per heavy atom. The van der Waals surface area contributed by atoms with E-state index in [4.69, 9.17) is 9.47 Å². The first-order chi connectivity index (χ1) is 12.8. The fraction of sp³-hybridized carbons (Fsp3) is 0.350. The lowest BCUT2D eigenvalue weighted by atomic mass is 9.92. The van der Waals surface area contributed by atoms with E-state index in [1.54, 1.807) is 12.1 Å². The predicted molar refractivity (Wildman–Crippen MR) is 96.5 cm³/mol. The van der Waals surface area contributed by atoms with Crippen molar-refractivity contribution in [3.8, 4) is 16.9 Å². The predicted octanol–water partition coefficient (Wildman–Crippen LogP) is 4.21. The van der Waals surface area contributed by atoms with Gasteiger partial charge >= 0.3 is 12.1 Å². The summed E-state index contributed by atoms with van der Waals surface area (Å²) >= 11 is 0. The summed E-state index contributed by atoms with van der Waals surface area (Å²) in [5.41, 5.74) is 2.05. The molecule has 0 heterocycles. The van der Waals surface area contributed by atoms with E-state index in [9.17, 15) is 18.0 Å². The molecule has 1 N–H and O–H groups in total. The summed E-state index contributed by atoms with van der Waals surface area (Å²) in [6.07, 6.45) is -4.34. The molecule has 0 saturated heterocycles. The normalized spacial score (nSPS) is 11.3. The van der Waals surface area contributed by atoms with E-state index in [1.165, 1.54) is 26.4 Å². The number of nitrogens with one attached hydrogen (secondary N) is 1. The molecule has 0 aliphatic rings. The van der Waals surface area contributed by atoms with Crippen LogP contribution < -0.4 is 10.1 Å². The molecular weight excluding hydrogens is 359 g/mol. The number of hydrogen-bond donors (Lipinski definition) is 1. The smallest absolute Gasteiger partial charge is 0.416 e. The van der Waals surface area contributed by atoms with Crippen LogP contribution in [0, 0.1) is 0 Å². The third kappa shape index (κ3) is 5.01. The molecule has 0 amide bonds. The highest BCUT2D eigenvalue weighted by atomic mass is 19.4. The Hall–Kier alpha value is -2.54. The summed E-state index contributed by atoms with van der Waals surface area (Å²) < 4.78 is 48.8. The van der Waals surface area contributed by atoms with Crippen LogP contribution in [0.25, 0.3) is 11.1 Å². The molecule has 146 valence electrons. The van der Waals surface area contributed by atoms with Crippen molar-refractivity contribution in [3.63, 3.8) is 0 Å². The standard InChI is InChI=1S/C20H22F3NO3/c1-4-24-12-16-14(11-18(25)27-3)7-10-17(26-2)19(16)13-5-8-15(9-6-13)20(21,22)23/h5-10,24H,4,11-12H2,1-3H3. The molecule has 0 radical (unpaired) electrons. The van der Waals surface area contributed by atoms with Crippen LogP contribution in [0.4, 0.5) is 13.2 Å². The third-order valence-electron chi connectivity index (χ3n) is 4.21. The summed E-state index contributed by atoms with van der Waals surface area (Å²) in [5.74, 6) is 0.132. The van der Waals surface area contributed by atoms with Gasteiger partial charge in [0.1, 0.15) is 5.75 Å². The molecule has 2 rings (SSSR count). The number of benzene rings is 2. The van der Waals surface area contributed by atoms with Crippen LogP contribution in [0.1, 0.15) is 23.6 Å². The van der Waals surface area contributed by atoms with Crippen molar-refractivity contribution in [1.29, 1.82) is 0 Å². The van der Waals surface area contributed by atoms with Crippen molar-refractivity contribution in [2.24, 2.45) is 0 Å². The maximum Gasteiger partial charge on any atom is 0.416 e. The minimum absolute atomic E-state index is 0.0643. The van der Waals surface area contributed by atoms with Crippen LogP contribution in [-0.2, 0) is 28.7 Å². The first-order valence-electron chi connectivity index (χ1n) is 8.45. The van der Waals surface area contributed by atoms with Gasteiger partial charge in [0, 0.05) is 12.1 Å². The minimum Gasteiger partial charge on any atom is -0.496 e. The number of methoxy groups -OCH3 is 2. The van der Waals surface area contributed by atoms with Crippen LogP contribution in [0.3, 0.4) is 0 Å². The van der Waals surface area contributed by atoms with Gasteiger partial charge in [-0.1, -0.05) is 25.1 Å². The van der Waals surface area contributed by atoms with Crippen molar-refractivity contribution in [2.75, 3.05) is 20.8 Å². The Labute approximate surface area is 156 Å². The number of carbonyl (C=O) groups is 1. The number of rotatable bonds is 7. The lowest BCUT2D eigenvalue weighted by Crippen LogP contribution is -2.16. The summed E-state index contributed by atoms with van der Waals surface area (Å²) in [4.78, 5) is 11.8. The van der Waals surface area contributed by atoms with Crippen LogP contribution >= 0.6 is 0 Å². The maximum absolute atomic E-state index is 12.9. The lowest BCUT2D eigenvalue weighted by molar-refractivity contribution is -0.140. The van der Waals surface area contributed by atoms with Gasteiger partial charge in [0.05, 0.1) is 26.2 Å². The topological polar surface area (TPSA) is 47.6 Å². The van der Waals surface area contributed by atoms with Crippen molar-refractivity contribution < 1.29 is 27.4 Å². The van der Waals surface area contributed by atoms with Crippen LogP contribution in [-0.4, -0.2) is 26.7 Å². The lowest BCUT2D eigenvalue weighted by Gasteiger charge is -2.19. The Morgan fingerprint density at radius 1 is 1.07 bits per heavy atom. The highest BCUT2D eigenvalue weighted by molar-refractivity contribution is 5.79. The van der Waals surface area contributed by atoms with Crippen molar-refractivity contribution >= 4 is 5.97 Å². The molecule has 4 nitrogen and oxygen atoms in total. The molecule has 2 aromatic rings. The van der Waals surface area contributed by atoms with E-state index in [-0.39, 0.29) is 6.42 Å². The van der Waals surface area contributed by atoms with Crippen LogP contribution in [0.5, 0.6) is 5.75 Å². The van der Waals surface area contributed by atoms with Crippen molar-refractivity contribution in [2.45, 2.75) is 26.1 Å². The molecule has 0 saturated carbocycles. The second-order valence-electron chi connectivity index (χ2n) is 5.89. The SMILES string of the molecule is CCNCc1c(CC(=O)OC)ccc(OC)c1-c1ccc(C(F)(F)F)cc1. The zero-order valence-corrected chi connectivity index (χ0v) is 15.4. The number of ether oxygens (including phenoxy) is 2. The Balaban J connectivity index is 2.60. The largest absolute Gasteiger partial charge is 0.496 e. The number of carbonyl (C=O) groups excluding carboxylic acids is 1. The molecular formula is C20H22F3NO3. The summed E-state index contributed by atoms with van der Waals surface area (Å²) in [7, 11) is 2.81. The van der Waals surface area contributed by atoms with Gasteiger partial charge in [-0.2, -0.15) is 13.2 Å². The first kappa shape index (κ1) is 20.8. The number of alkyl halides is 3. The van der Waals surface area contributed by atoms with Crippen LogP contribution in [0.15, 0.2) is 36.4 Å². The molecule has 0 unspecified atom stereocenters. The molecule has 0 spiro atoms. The fourth-order valence-electron chi connectivity index (χ4n) is 2.83. The second kappa shape index (κ2) is 8.90. The van der Waals surface area contributed by atoms with Gasteiger partial charge in [-0.15, -0.1) is 0 Å². The van der Waals surface area contributed by atoms with Gasteiger partial charge in [0.25, 0.3) is 0 Å². The summed E-state index contributed by atoms with van der Waals surface area (Å²) in [5, 5.41) is 3.21. The summed E-state index contributed by atoms with van der Waals surface area (Å²) in [6, 6.07) is 8.39. The molecule has 0 aromatic heterocycles. The van der Waals surface area contributed by atoms with Gasteiger partial charge in [-0.05, 0) is 41.4 Å². The zero-order chi connectivity index (χ0) is 20.0. The van der Waals surface area contributed by atoms with Gasteiger partial charge < -0.3 is 14.8 Å². The quantitative estimate of drug-likeness (QED) is 0.730. The van der Waals surface area contributed by atoms with Crippen LogP contribution in [0.2, 0.25) is 0 Å². The van der Waals surface area contributed by atoms with Crippen molar-refractivity contribution in [3.05, 3.63) is 53.1 Å². The third-order valence-corrected chi connectivity index (χ3v) is 4.21. The Morgan fingerprint density at radius 2 is 1.74 bits per heavy atom. The van der Waals surface area contributed by atoms with E-state index in [0.29, 0.717) is 30.0 Å². The zero-order valence-electron chi connectivity index (χ0n) is 15.4. The Bertz CT molecular complexity index is 786. The van der Waals surface area contributed by atoms with E-state index in [0.717, 1.165) is 23.3 Å². The highest BCUT2D eigenvalue weighted by Crippen LogP contribution is 2.37. The average molecular weight is 381 g/mol. The van der Waals surface area contributed by atoms with Gasteiger partial charge in [-0.3, -0.25) is 4.79 Å². The second-order valence-corrected chi connectivity index (χ2v) is 5.89. The minimum atomic E-state index is -4.40. The number of halogens is 3. The Kier molecular flexibility index (Phi) is 6.85. The monoisotopic (exact) mass is 381 g/mol. The fourth-order valence-corrected chi connectivity index (χ4v) is 2.83. The molecule has 27 heavy (non-hydrogen) atoms. The molecule has 2 aromatic carbocycles. The maximum atomic E-state index is 12.9. The van der Waals surface area contributed by atoms with E-state index in [2.05, 4.69) is 5.32 Å².